The van der Waals surface area contributed by atoms with Gasteiger partial charge in [-0.25, -0.2) is 0 Å². The van der Waals surface area contributed by atoms with Crippen molar-refractivity contribution in [3.05, 3.63) is 29.3 Å². The summed E-state index contributed by atoms with van der Waals surface area (Å²) in [6, 6.07) is 5.66. The van der Waals surface area contributed by atoms with Crippen molar-refractivity contribution in [1.29, 1.82) is 0 Å². The number of aryl methyl sites for hydroxylation is 1. The van der Waals surface area contributed by atoms with E-state index in [9.17, 15) is 4.79 Å². The first-order chi connectivity index (χ1) is 6.18. The van der Waals surface area contributed by atoms with Crippen molar-refractivity contribution >= 4 is 21.7 Å². The van der Waals surface area contributed by atoms with Crippen LogP contribution in [0.5, 0.6) is 5.75 Å². The Morgan fingerprint density at radius 2 is 2.31 bits per heavy atom. The maximum absolute atomic E-state index is 11.6. The zero-order chi connectivity index (χ0) is 9.42. The Bertz CT molecular complexity index is 360. The van der Waals surface area contributed by atoms with Crippen molar-refractivity contribution in [1.82, 2.24) is 0 Å². The Morgan fingerprint density at radius 1 is 1.54 bits per heavy atom. The molecule has 0 aromatic heterocycles. The van der Waals surface area contributed by atoms with Crippen molar-refractivity contribution in [3.8, 4) is 5.75 Å². The van der Waals surface area contributed by atoms with E-state index in [-0.39, 0.29) is 10.6 Å². The molecule has 0 amide bonds. The number of Topliss-reactive ketones (excluding diaryl/α,β-unsaturated/α-hetero) is 1. The minimum absolute atomic E-state index is 0.116. The number of ketones is 1. The molecule has 0 fully saturated rings. The van der Waals surface area contributed by atoms with E-state index in [1.807, 2.05) is 25.1 Å². The molecule has 1 unspecified atom stereocenters. The standard InChI is InChI=1S/C10H9BrO2/c1-6-2-3-9-7(4-6)10(12)8(11)5-13-9/h2-4,8H,5H2,1H3. The molecule has 0 saturated heterocycles. The quantitative estimate of drug-likeness (QED) is 0.651. The molecule has 1 heterocycles. The molecule has 13 heavy (non-hydrogen) atoms. The average Bonchev–Trinajstić information content (AvgIpc) is 2.12. The number of ether oxygens (including phenoxy) is 1. The average molecular weight is 241 g/mol. The van der Waals surface area contributed by atoms with Crippen molar-refractivity contribution < 1.29 is 9.53 Å². The summed E-state index contributed by atoms with van der Waals surface area (Å²) in [6.07, 6.45) is 0. The highest BCUT2D eigenvalue weighted by Crippen LogP contribution is 2.27. The minimum Gasteiger partial charge on any atom is -0.491 e. The third-order valence-corrected chi connectivity index (χ3v) is 2.75. The van der Waals surface area contributed by atoms with Gasteiger partial charge in [0.25, 0.3) is 0 Å². The number of hydrogen-bond donors (Lipinski definition) is 0. The second-order valence-corrected chi connectivity index (χ2v) is 4.25. The summed E-state index contributed by atoms with van der Waals surface area (Å²) in [5, 5.41) is 0. The second-order valence-electron chi connectivity index (χ2n) is 3.14. The highest BCUT2D eigenvalue weighted by molar-refractivity contribution is 9.10. The van der Waals surface area contributed by atoms with Crippen LogP contribution in [0.4, 0.5) is 0 Å². The molecule has 1 aromatic rings. The summed E-state index contributed by atoms with van der Waals surface area (Å²) in [7, 11) is 0. The molecular formula is C10H9BrO2. The van der Waals surface area contributed by atoms with E-state index in [1.54, 1.807) is 0 Å². The Balaban J connectivity index is 2.51. The molecule has 0 radical (unpaired) electrons. The fourth-order valence-corrected chi connectivity index (χ4v) is 1.75. The van der Waals surface area contributed by atoms with E-state index in [4.69, 9.17) is 4.74 Å². The number of alkyl halides is 1. The summed E-state index contributed by atoms with van der Waals surface area (Å²) in [5.74, 6) is 0.816. The van der Waals surface area contributed by atoms with Gasteiger partial charge in [0, 0.05) is 0 Å². The van der Waals surface area contributed by atoms with E-state index in [2.05, 4.69) is 15.9 Å². The van der Waals surface area contributed by atoms with Crippen LogP contribution in [0.3, 0.4) is 0 Å². The minimum atomic E-state index is -0.193. The van der Waals surface area contributed by atoms with Crippen molar-refractivity contribution in [2.75, 3.05) is 6.61 Å². The maximum Gasteiger partial charge on any atom is 0.183 e. The predicted octanol–water partition coefficient (Wildman–Crippen LogP) is 2.33. The zero-order valence-electron chi connectivity index (χ0n) is 7.21. The highest BCUT2D eigenvalue weighted by Gasteiger charge is 2.26. The lowest BCUT2D eigenvalue weighted by molar-refractivity contribution is 0.0946. The van der Waals surface area contributed by atoms with E-state index >= 15 is 0 Å². The first-order valence-electron chi connectivity index (χ1n) is 4.10. The van der Waals surface area contributed by atoms with E-state index in [1.165, 1.54) is 0 Å². The van der Waals surface area contributed by atoms with Gasteiger partial charge in [0.2, 0.25) is 0 Å². The summed E-state index contributed by atoms with van der Waals surface area (Å²) in [5.41, 5.74) is 1.77. The lowest BCUT2D eigenvalue weighted by atomic mass is 10.0. The molecule has 2 nitrogen and oxygen atoms in total. The lowest BCUT2D eigenvalue weighted by Crippen LogP contribution is -2.27. The van der Waals surface area contributed by atoms with Crippen LogP contribution in [0.2, 0.25) is 0 Å². The second kappa shape index (κ2) is 3.14. The smallest absolute Gasteiger partial charge is 0.183 e. The van der Waals surface area contributed by atoms with Gasteiger partial charge in [-0.3, -0.25) is 4.79 Å². The van der Waals surface area contributed by atoms with Crippen LogP contribution in [0.15, 0.2) is 18.2 Å². The first-order valence-corrected chi connectivity index (χ1v) is 5.02. The molecule has 1 atom stereocenters. The van der Waals surface area contributed by atoms with Gasteiger partial charge in [-0.1, -0.05) is 27.6 Å². The molecule has 1 aromatic carbocycles. The van der Waals surface area contributed by atoms with Crippen LogP contribution in [-0.4, -0.2) is 17.2 Å². The van der Waals surface area contributed by atoms with E-state index < -0.39 is 0 Å². The van der Waals surface area contributed by atoms with Gasteiger partial charge in [0.05, 0.1) is 5.56 Å². The molecule has 0 bridgehead atoms. The molecular weight excluding hydrogens is 232 g/mol. The maximum atomic E-state index is 11.6. The molecule has 3 heteroatoms. The van der Waals surface area contributed by atoms with E-state index in [0.717, 1.165) is 5.56 Å². The summed E-state index contributed by atoms with van der Waals surface area (Å²) < 4.78 is 5.39. The van der Waals surface area contributed by atoms with Crippen molar-refractivity contribution in [2.45, 2.75) is 11.8 Å². The van der Waals surface area contributed by atoms with Crippen LogP contribution in [0.25, 0.3) is 0 Å². The van der Waals surface area contributed by atoms with Gasteiger partial charge >= 0.3 is 0 Å². The molecule has 0 aliphatic carbocycles. The van der Waals surface area contributed by atoms with E-state index in [0.29, 0.717) is 17.9 Å². The largest absolute Gasteiger partial charge is 0.491 e. The summed E-state index contributed by atoms with van der Waals surface area (Å²) >= 11 is 3.27. The Kier molecular flexibility index (Phi) is 2.12. The zero-order valence-corrected chi connectivity index (χ0v) is 8.80. The van der Waals surface area contributed by atoms with Gasteiger partial charge in [0.1, 0.15) is 17.2 Å². The normalized spacial score (nSPS) is 20.8. The molecule has 0 spiro atoms. The van der Waals surface area contributed by atoms with Crippen molar-refractivity contribution in [2.24, 2.45) is 0 Å². The monoisotopic (exact) mass is 240 g/mol. The number of carbonyl (C=O) groups excluding carboxylic acids is 1. The third-order valence-electron chi connectivity index (χ3n) is 2.07. The fraction of sp³-hybridized carbons (Fsp3) is 0.300. The molecule has 0 saturated carbocycles. The summed E-state index contributed by atoms with van der Waals surface area (Å²) in [6.45, 7) is 2.39. The highest BCUT2D eigenvalue weighted by atomic mass is 79.9. The van der Waals surface area contributed by atoms with Crippen LogP contribution in [0, 0.1) is 6.92 Å². The molecule has 2 rings (SSSR count). The summed E-state index contributed by atoms with van der Waals surface area (Å²) in [4.78, 5) is 11.4. The van der Waals surface area contributed by atoms with Gasteiger partial charge in [0.15, 0.2) is 5.78 Å². The van der Waals surface area contributed by atoms with Crippen LogP contribution < -0.4 is 4.74 Å². The number of halogens is 1. The number of rotatable bonds is 0. The Labute approximate surface area is 85.0 Å². The Morgan fingerprint density at radius 3 is 3.08 bits per heavy atom. The molecule has 68 valence electrons. The molecule has 0 N–H and O–H groups in total. The number of carbonyl (C=O) groups is 1. The van der Waals surface area contributed by atoms with Crippen LogP contribution >= 0.6 is 15.9 Å². The third kappa shape index (κ3) is 1.48. The SMILES string of the molecule is Cc1ccc2c(c1)C(=O)C(Br)CO2. The van der Waals surface area contributed by atoms with Crippen LogP contribution in [-0.2, 0) is 0 Å². The number of benzene rings is 1. The first kappa shape index (κ1) is 8.75. The number of hydrogen-bond acceptors (Lipinski definition) is 2. The predicted molar refractivity (Wildman–Crippen MR) is 53.7 cm³/mol. The topological polar surface area (TPSA) is 26.3 Å². The van der Waals surface area contributed by atoms with Gasteiger partial charge < -0.3 is 4.74 Å². The molecule has 1 aliphatic heterocycles. The van der Waals surface area contributed by atoms with Crippen LogP contribution in [0.1, 0.15) is 15.9 Å². The van der Waals surface area contributed by atoms with Crippen molar-refractivity contribution in [3.63, 3.8) is 0 Å². The van der Waals surface area contributed by atoms with Gasteiger partial charge in [-0.2, -0.15) is 0 Å². The van der Waals surface area contributed by atoms with Gasteiger partial charge in [-0.05, 0) is 19.1 Å². The van der Waals surface area contributed by atoms with Gasteiger partial charge in [-0.15, -0.1) is 0 Å². The fourth-order valence-electron chi connectivity index (χ4n) is 1.37. The lowest BCUT2D eigenvalue weighted by Gasteiger charge is -2.20. The molecule has 1 aliphatic rings. The Hall–Kier alpha value is -0.830. The number of fused-ring (bicyclic) bond motifs is 1.